The summed E-state index contributed by atoms with van der Waals surface area (Å²) in [5.74, 6) is 0.392. The molecule has 0 saturated carbocycles. The number of aromatic nitrogens is 1. The highest BCUT2D eigenvalue weighted by atomic mass is 32.1. The van der Waals surface area contributed by atoms with Crippen molar-refractivity contribution in [3.8, 4) is 10.6 Å². The van der Waals surface area contributed by atoms with Gasteiger partial charge in [-0.2, -0.15) is 13.2 Å². The van der Waals surface area contributed by atoms with E-state index in [0.717, 1.165) is 10.6 Å². The zero-order chi connectivity index (χ0) is 22.4. The fourth-order valence-electron chi connectivity index (χ4n) is 3.43. The van der Waals surface area contributed by atoms with Crippen LogP contribution in [0.2, 0.25) is 0 Å². The molecule has 1 aliphatic heterocycles. The van der Waals surface area contributed by atoms with Gasteiger partial charge in [-0.1, -0.05) is 38.1 Å². The summed E-state index contributed by atoms with van der Waals surface area (Å²) in [6.07, 6.45) is -3.74. The fraction of sp³-hybridized carbons (Fsp3) is 0.545. The van der Waals surface area contributed by atoms with Gasteiger partial charge in [0.2, 0.25) is 0 Å². The van der Waals surface area contributed by atoms with Crippen molar-refractivity contribution in [3.63, 3.8) is 0 Å². The number of ether oxygens (including phenoxy) is 1. The number of benzene rings is 1. The Morgan fingerprint density at radius 1 is 1.16 bits per heavy atom. The first kappa shape index (κ1) is 23.7. The van der Waals surface area contributed by atoms with Crippen LogP contribution in [0.5, 0.6) is 0 Å². The molecule has 2 aromatic rings. The van der Waals surface area contributed by atoms with E-state index < -0.39 is 12.8 Å². The molecule has 0 aliphatic carbocycles. The molecule has 170 valence electrons. The Morgan fingerprint density at radius 2 is 1.84 bits per heavy atom. The van der Waals surface area contributed by atoms with E-state index in [0.29, 0.717) is 50.8 Å². The minimum absolute atomic E-state index is 0.0746. The topological polar surface area (TPSA) is 45.7 Å². The normalized spacial score (nSPS) is 15.6. The minimum Gasteiger partial charge on any atom is -0.372 e. The summed E-state index contributed by atoms with van der Waals surface area (Å²) in [5, 5.41) is 2.63. The predicted molar refractivity (Wildman–Crippen MR) is 115 cm³/mol. The molecule has 3 rings (SSSR count). The number of hydrogen-bond acceptors (Lipinski definition) is 5. The molecule has 1 fully saturated rings. The van der Waals surface area contributed by atoms with Crippen molar-refractivity contribution in [1.29, 1.82) is 0 Å². The van der Waals surface area contributed by atoms with E-state index in [1.54, 1.807) is 10.3 Å². The summed E-state index contributed by atoms with van der Waals surface area (Å²) in [4.78, 5) is 21.3. The van der Waals surface area contributed by atoms with Crippen molar-refractivity contribution in [2.24, 2.45) is 0 Å². The third-order valence-electron chi connectivity index (χ3n) is 5.24. The van der Waals surface area contributed by atoms with E-state index in [9.17, 15) is 18.0 Å². The lowest BCUT2D eigenvalue weighted by molar-refractivity contribution is -0.174. The van der Waals surface area contributed by atoms with Gasteiger partial charge in [-0.25, -0.2) is 4.98 Å². The monoisotopic (exact) mass is 455 g/mol. The number of amides is 1. The van der Waals surface area contributed by atoms with Gasteiger partial charge in [0.15, 0.2) is 0 Å². The molecule has 1 saturated heterocycles. The molecular formula is C22H28F3N3O2S. The maximum atomic E-state index is 12.8. The van der Waals surface area contributed by atoms with Crippen LogP contribution in [0, 0.1) is 0 Å². The van der Waals surface area contributed by atoms with Crippen LogP contribution in [-0.2, 0) is 4.74 Å². The van der Waals surface area contributed by atoms with Crippen molar-refractivity contribution < 1.29 is 22.7 Å². The molecule has 0 unspecified atom stereocenters. The number of carbonyl (C=O) groups excluding carboxylic acids is 1. The van der Waals surface area contributed by atoms with E-state index in [4.69, 9.17) is 0 Å². The van der Waals surface area contributed by atoms with Gasteiger partial charge >= 0.3 is 6.18 Å². The van der Waals surface area contributed by atoms with E-state index in [-0.39, 0.29) is 12.5 Å². The van der Waals surface area contributed by atoms with Crippen LogP contribution in [0.25, 0.3) is 10.6 Å². The smallest absolute Gasteiger partial charge is 0.372 e. The molecule has 2 heterocycles. The van der Waals surface area contributed by atoms with Gasteiger partial charge in [0, 0.05) is 50.3 Å². The van der Waals surface area contributed by atoms with Gasteiger partial charge in [0.25, 0.3) is 5.91 Å². The van der Waals surface area contributed by atoms with E-state index in [2.05, 4.69) is 40.6 Å². The average Bonchev–Trinajstić information content (AvgIpc) is 3.23. The van der Waals surface area contributed by atoms with Gasteiger partial charge in [-0.05, 0) is 17.9 Å². The quantitative estimate of drug-likeness (QED) is 0.543. The third kappa shape index (κ3) is 7.02. The molecule has 5 nitrogen and oxygen atoms in total. The minimum atomic E-state index is -4.28. The molecule has 1 aliphatic rings. The van der Waals surface area contributed by atoms with Crippen LogP contribution in [0.15, 0.2) is 29.6 Å². The van der Waals surface area contributed by atoms with E-state index in [1.807, 2.05) is 12.1 Å². The lowest BCUT2D eigenvalue weighted by Crippen LogP contribution is -2.49. The van der Waals surface area contributed by atoms with Crippen LogP contribution in [-0.4, -0.2) is 72.8 Å². The number of rotatable bonds is 8. The fourth-order valence-corrected chi connectivity index (χ4v) is 4.23. The summed E-state index contributed by atoms with van der Waals surface area (Å²) in [6, 6.07) is 8.27. The largest absolute Gasteiger partial charge is 0.411 e. The molecule has 0 atom stereocenters. The molecular weight excluding hydrogens is 427 g/mol. The Balaban J connectivity index is 1.45. The molecule has 0 bridgehead atoms. The number of hydrogen-bond donors (Lipinski definition) is 0. The molecule has 1 amide bonds. The van der Waals surface area contributed by atoms with E-state index in [1.165, 1.54) is 16.9 Å². The Morgan fingerprint density at radius 3 is 2.45 bits per heavy atom. The number of nitrogens with zero attached hydrogens (tertiary/aromatic N) is 3. The zero-order valence-corrected chi connectivity index (χ0v) is 18.6. The molecule has 0 N–H and O–H groups in total. The molecule has 1 aromatic carbocycles. The first-order chi connectivity index (χ1) is 14.7. The summed E-state index contributed by atoms with van der Waals surface area (Å²) >= 11 is 1.46. The highest BCUT2D eigenvalue weighted by Crippen LogP contribution is 2.26. The zero-order valence-electron chi connectivity index (χ0n) is 17.8. The standard InChI is InChI=1S/C22H28F3N3O2S/c1-16(2)17-4-6-18(7-5-17)20-26-19(14-31-20)21(29)28-11-9-27(10-12-28)8-3-13-30-15-22(23,24)25/h4-7,14,16H,3,8-13,15H2,1-2H3. The van der Waals surface area contributed by atoms with Crippen LogP contribution in [0.3, 0.4) is 0 Å². The first-order valence-electron chi connectivity index (χ1n) is 10.4. The number of halogens is 3. The Labute approximate surface area is 184 Å². The lowest BCUT2D eigenvalue weighted by atomic mass is 10.0. The summed E-state index contributed by atoms with van der Waals surface area (Å²) in [6.45, 7) is 6.39. The maximum Gasteiger partial charge on any atom is 0.411 e. The molecule has 0 radical (unpaired) electrons. The first-order valence-corrected chi connectivity index (χ1v) is 11.3. The van der Waals surface area contributed by atoms with Crippen LogP contribution >= 0.6 is 11.3 Å². The van der Waals surface area contributed by atoms with Gasteiger partial charge in [-0.15, -0.1) is 11.3 Å². The molecule has 1 aromatic heterocycles. The lowest BCUT2D eigenvalue weighted by Gasteiger charge is -2.34. The second-order valence-corrected chi connectivity index (χ2v) is 8.83. The highest BCUT2D eigenvalue weighted by molar-refractivity contribution is 7.13. The molecule has 31 heavy (non-hydrogen) atoms. The predicted octanol–water partition coefficient (Wildman–Crippen LogP) is 4.66. The average molecular weight is 456 g/mol. The van der Waals surface area contributed by atoms with Crippen molar-refractivity contribution in [1.82, 2.24) is 14.8 Å². The Kier molecular flexibility index (Phi) is 8.07. The van der Waals surface area contributed by atoms with Gasteiger partial charge in [-0.3, -0.25) is 9.69 Å². The summed E-state index contributed by atoms with van der Waals surface area (Å²) in [7, 11) is 0. The van der Waals surface area contributed by atoms with Crippen molar-refractivity contribution >= 4 is 17.2 Å². The SMILES string of the molecule is CC(C)c1ccc(-c2nc(C(=O)N3CCN(CCCOCC(F)(F)F)CC3)cs2)cc1. The number of alkyl halides is 3. The van der Waals surface area contributed by atoms with Crippen LogP contribution in [0.4, 0.5) is 13.2 Å². The Hall–Kier alpha value is -1.97. The highest BCUT2D eigenvalue weighted by Gasteiger charge is 2.27. The van der Waals surface area contributed by atoms with Gasteiger partial charge in [0.05, 0.1) is 0 Å². The van der Waals surface area contributed by atoms with Crippen molar-refractivity contribution in [2.45, 2.75) is 32.4 Å². The van der Waals surface area contributed by atoms with Gasteiger partial charge in [0.1, 0.15) is 17.3 Å². The van der Waals surface area contributed by atoms with Crippen molar-refractivity contribution in [2.75, 3.05) is 45.9 Å². The second kappa shape index (κ2) is 10.6. The number of carbonyl (C=O) groups is 1. The van der Waals surface area contributed by atoms with Crippen molar-refractivity contribution in [3.05, 3.63) is 40.9 Å². The van der Waals surface area contributed by atoms with E-state index >= 15 is 0 Å². The second-order valence-electron chi connectivity index (χ2n) is 7.97. The summed E-state index contributed by atoms with van der Waals surface area (Å²) in [5.41, 5.74) is 2.73. The molecule has 0 spiro atoms. The summed E-state index contributed by atoms with van der Waals surface area (Å²) < 4.78 is 40.8. The maximum absolute atomic E-state index is 12.8. The third-order valence-corrected chi connectivity index (χ3v) is 6.13. The van der Waals surface area contributed by atoms with Crippen LogP contribution < -0.4 is 0 Å². The number of piperazine rings is 1. The Bertz CT molecular complexity index is 844. The van der Waals surface area contributed by atoms with Crippen LogP contribution in [0.1, 0.15) is 42.2 Å². The number of thiazole rings is 1. The molecule has 9 heteroatoms. The van der Waals surface area contributed by atoms with Gasteiger partial charge < -0.3 is 9.64 Å².